The van der Waals surface area contributed by atoms with Crippen molar-refractivity contribution in [2.75, 3.05) is 25.6 Å². The molecular weight excluding hydrogens is 408 g/mol. The van der Waals surface area contributed by atoms with Gasteiger partial charge in [0.1, 0.15) is 23.9 Å². The van der Waals surface area contributed by atoms with Gasteiger partial charge >= 0.3 is 0 Å². The third kappa shape index (κ3) is 5.73. The van der Waals surface area contributed by atoms with Crippen LogP contribution in [0.1, 0.15) is 6.92 Å². The maximum absolute atomic E-state index is 5.90. The van der Waals surface area contributed by atoms with Crippen LogP contribution in [-0.2, 0) is 6.54 Å². The number of hydrogen-bond donors (Lipinski definition) is 0. The lowest BCUT2D eigenvalue weighted by molar-refractivity contribution is 0.295. The summed E-state index contributed by atoms with van der Waals surface area (Å²) >= 11 is 1.70. The number of thioether (sulfide) groups is 1. The van der Waals surface area contributed by atoms with Gasteiger partial charge in [-0.1, -0.05) is 42.1 Å². The van der Waals surface area contributed by atoms with Gasteiger partial charge in [-0.2, -0.15) is 0 Å². The first-order chi connectivity index (χ1) is 15.3. The average Bonchev–Trinajstić information content (AvgIpc) is 3.16. The summed E-state index contributed by atoms with van der Waals surface area (Å²) in [4.78, 5) is 4.81. The Morgan fingerprint density at radius 1 is 0.742 bits per heavy atom. The van der Waals surface area contributed by atoms with E-state index in [1.807, 2.05) is 79.7 Å². The predicted molar refractivity (Wildman–Crippen MR) is 126 cm³/mol. The van der Waals surface area contributed by atoms with E-state index in [2.05, 4.69) is 10.6 Å². The number of nitrogens with zero attached hydrogens (tertiary/aromatic N) is 2. The highest BCUT2D eigenvalue weighted by atomic mass is 32.2. The normalized spacial score (nSPS) is 10.9. The molecule has 4 rings (SSSR count). The smallest absolute Gasteiger partial charge is 0.169 e. The fourth-order valence-electron chi connectivity index (χ4n) is 3.24. The number of imidazole rings is 1. The van der Waals surface area contributed by atoms with Gasteiger partial charge < -0.3 is 18.8 Å². The van der Waals surface area contributed by atoms with Crippen molar-refractivity contribution in [3.05, 3.63) is 78.9 Å². The Balaban J connectivity index is 1.34. The first-order valence-corrected chi connectivity index (χ1v) is 11.4. The van der Waals surface area contributed by atoms with Crippen LogP contribution in [0.15, 0.2) is 84.0 Å². The summed E-state index contributed by atoms with van der Waals surface area (Å²) in [5, 5.41) is 0.980. The number of para-hydroxylation sites is 3. The van der Waals surface area contributed by atoms with Crippen LogP contribution in [0.5, 0.6) is 17.2 Å². The van der Waals surface area contributed by atoms with E-state index in [0.717, 1.165) is 45.7 Å². The lowest BCUT2D eigenvalue weighted by atomic mass is 10.3. The van der Waals surface area contributed by atoms with E-state index in [9.17, 15) is 0 Å². The topological polar surface area (TPSA) is 45.5 Å². The maximum Gasteiger partial charge on any atom is 0.169 e. The largest absolute Gasteiger partial charge is 0.494 e. The molecule has 0 radical (unpaired) electrons. The number of benzene rings is 3. The molecule has 31 heavy (non-hydrogen) atoms. The molecule has 160 valence electrons. The second kappa shape index (κ2) is 10.8. The number of ether oxygens (including phenoxy) is 3. The van der Waals surface area contributed by atoms with Crippen molar-refractivity contribution in [1.29, 1.82) is 0 Å². The lowest BCUT2D eigenvalue weighted by Crippen LogP contribution is -2.10. The zero-order valence-electron chi connectivity index (χ0n) is 17.6. The molecule has 0 aliphatic heterocycles. The van der Waals surface area contributed by atoms with Crippen LogP contribution in [-0.4, -0.2) is 35.1 Å². The standard InChI is InChI=1S/C25H26N2O3S/c1-2-28-21-12-14-22(15-13-21)30-18-19-31-25-26-23-10-6-7-11-24(23)27(25)16-17-29-20-8-4-3-5-9-20/h3-15H,2,16-19H2,1H3. The molecule has 0 saturated carbocycles. The molecule has 5 nitrogen and oxygen atoms in total. The van der Waals surface area contributed by atoms with Gasteiger partial charge in [0.15, 0.2) is 5.16 Å². The fourth-order valence-corrected chi connectivity index (χ4v) is 4.10. The molecule has 0 amide bonds. The number of rotatable bonds is 11. The minimum Gasteiger partial charge on any atom is -0.494 e. The van der Waals surface area contributed by atoms with Crippen LogP contribution < -0.4 is 14.2 Å². The molecule has 6 heteroatoms. The van der Waals surface area contributed by atoms with Crippen LogP contribution in [0, 0.1) is 0 Å². The molecule has 0 fully saturated rings. The van der Waals surface area contributed by atoms with E-state index in [0.29, 0.717) is 19.8 Å². The van der Waals surface area contributed by atoms with Crippen LogP contribution in [0.25, 0.3) is 11.0 Å². The molecule has 3 aromatic carbocycles. The Bertz CT molecular complexity index is 1080. The van der Waals surface area contributed by atoms with Crippen molar-refractivity contribution >= 4 is 22.8 Å². The molecule has 0 aliphatic carbocycles. The molecule has 0 spiro atoms. The maximum atomic E-state index is 5.90. The van der Waals surface area contributed by atoms with E-state index in [1.54, 1.807) is 11.8 Å². The fraction of sp³-hybridized carbons (Fsp3) is 0.240. The van der Waals surface area contributed by atoms with Gasteiger partial charge in [-0.05, 0) is 55.5 Å². The van der Waals surface area contributed by atoms with Crippen molar-refractivity contribution < 1.29 is 14.2 Å². The van der Waals surface area contributed by atoms with E-state index in [1.165, 1.54) is 0 Å². The molecule has 1 heterocycles. The van der Waals surface area contributed by atoms with Gasteiger partial charge in [-0.3, -0.25) is 0 Å². The molecule has 0 aliphatic rings. The second-order valence-electron chi connectivity index (χ2n) is 6.80. The monoisotopic (exact) mass is 434 g/mol. The molecule has 0 bridgehead atoms. The summed E-state index contributed by atoms with van der Waals surface area (Å²) < 4.78 is 19.5. The third-order valence-electron chi connectivity index (χ3n) is 4.66. The number of aromatic nitrogens is 2. The van der Waals surface area contributed by atoms with Crippen LogP contribution >= 0.6 is 11.8 Å². The van der Waals surface area contributed by atoms with Crippen LogP contribution in [0.4, 0.5) is 0 Å². The van der Waals surface area contributed by atoms with Crippen LogP contribution in [0.2, 0.25) is 0 Å². The highest BCUT2D eigenvalue weighted by molar-refractivity contribution is 7.99. The van der Waals surface area contributed by atoms with Gasteiger partial charge in [0.25, 0.3) is 0 Å². The molecule has 1 aromatic heterocycles. The minimum atomic E-state index is 0.584. The van der Waals surface area contributed by atoms with Crippen molar-refractivity contribution in [3.63, 3.8) is 0 Å². The van der Waals surface area contributed by atoms with Crippen molar-refractivity contribution in [3.8, 4) is 17.2 Å². The Kier molecular flexibility index (Phi) is 7.34. The highest BCUT2D eigenvalue weighted by Gasteiger charge is 2.11. The summed E-state index contributed by atoms with van der Waals surface area (Å²) in [6.07, 6.45) is 0. The lowest BCUT2D eigenvalue weighted by Gasteiger charge is -2.11. The van der Waals surface area contributed by atoms with E-state index >= 15 is 0 Å². The number of hydrogen-bond acceptors (Lipinski definition) is 5. The molecule has 0 atom stereocenters. The van der Waals surface area contributed by atoms with E-state index in [4.69, 9.17) is 19.2 Å². The highest BCUT2D eigenvalue weighted by Crippen LogP contribution is 2.25. The minimum absolute atomic E-state index is 0.584. The molecular formula is C25H26N2O3S. The zero-order valence-corrected chi connectivity index (χ0v) is 18.4. The van der Waals surface area contributed by atoms with E-state index in [-0.39, 0.29) is 0 Å². The SMILES string of the molecule is CCOc1ccc(OCCSc2nc3ccccc3n2CCOc2ccccc2)cc1. The summed E-state index contributed by atoms with van der Waals surface area (Å²) in [7, 11) is 0. The Morgan fingerprint density at radius 3 is 2.16 bits per heavy atom. The van der Waals surface area contributed by atoms with Crippen molar-refractivity contribution in [2.45, 2.75) is 18.6 Å². The molecule has 0 N–H and O–H groups in total. The van der Waals surface area contributed by atoms with Gasteiger partial charge in [-0.15, -0.1) is 0 Å². The Morgan fingerprint density at radius 2 is 1.39 bits per heavy atom. The third-order valence-corrected chi connectivity index (χ3v) is 5.60. The first kappa shape index (κ1) is 21.1. The van der Waals surface area contributed by atoms with Gasteiger partial charge in [0.2, 0.25) is 0 Å². The molecule has 0 unspecified atom stereocenters. The zero-order chi connectivity index (χ0) is 21.3. The van der Waals surface area contributed by atoms with Crippen LogP contribution in [0.3, 0.4) is 0 Å². The first-order valence-electron chi connectivity index (χ1n) is 10.4. The second-order valence-corrected chi connectivity index (χ2v) is 7.86. The quantitative estimate of drug-likeness (QED) is 0.224. The number of fused-ring (bicyclic) bond motifs is 1. The Labute approximate surface area is 187 Å². The summed E-state index contributed by atoms with van der Waals surface area (Å²) in [5.41, 5.74) is 2.12. The van der Waals surface area contributed by atoms with Gasteiger partial charge in [-0.25, -0.2) is 4.98 Å². The van der Waals surface area contributed by atoms with Gasteiger partial charge in [0.05, 0.1) is 30.8 Å². The summed E-state index contributed by atoms with van der Waals surface area (Å²) in [6.45, 7) is 4.55. The van der Waals surface area contributed by atoms with E-state index < -0.39 is 0 Å². The average molecular weight is 435 g/mol. The Hall–Kier alpha value is -3.12. The predicted octanol–water partition coefficient (Wildman–Crippen LogP) is 5.69. The van der Waals surface area contributed by atoms with Crippen molar-refractivity contribution in [1.82, 2.24) is 9.55 Å². The molecule has 4 aromatic rings. The molecule has 0 saturated heterocycles. The van der Waals surface area contributed by atoms with Crippen molar-refractivity contribution in [2.24, 2.45) is 0 Å². The summed E-state index contributed by atoms with van der Waals surface area (Å²) in [5.74, 6) is 3.38. The summed E-state index contributed by atoms with van der Waals surface area (Å²) in [6, 6.07) is 25.8. The van der Waals surface area contributed by atoms with Gasteiger partial charge in [0, 0.05) is 5.75 Å².